The van der Waals surface area contributed by atoms with Crippen LogP contribution in [0.2, 0.25) is 0 Å². The molecule has 1 unspecified atom stereocenters. The first-order valence-corrected chi connectivity index (χ1v) is 7.41. The van der Waals surface area contributed by atoms with E-state index in [2.05, 4.69) is 30.6 Å². The van der Waals surface area contributed by atoms with Crippen molar-refractivity contribution in [3.63, 3.8) is 0 Å². The van der Waals surface area contributed by atoms with Crippen molar-refractivity contribution in [1.29, 1.82) is 0 Å². The molecule has 4 rings (SSSR count). The third-order valence-electron chi connectivity index (χ3n) is 3.91. The van der Waals surface area contributed by atoms with Gasteiger partial charge >= 0.3 is 0 Å². The molecule has 23 heavy (non-hydrogen) atoms. The molecular formula is C13H16N8O2. The first-order valence-electron chi connectivity index (χ1n) is 7.41. The van der Waals surface area contributed by atoms with E-state index in [9.17, 15) is 4.79 Å². The van der Waals surface area contributed by atoms with Gasteiger partial charge in [0.1, 0.15) is 18.2 Å². The number of morpholine rings is 1. The minimum Gasteiger partial charge on any atom is -0.378 e. The van der Waals surface area contributed by atoms with Crippen LogP contribution in [0.4, 0.5) is 11.6 Å². The molecule has 2 aromatic heterocycles. The Balaban J connectivity index is 1.55. The maximum Gasteiger partial charge on any atom is 0.269 e. The zero-order valence-corrected chi connectivity index (χ0v) is 12.4. The minimum atomic E-state index is -0.417. The molecule has 10 nitrogen and oxygen atoms in total. The Kier molecular flexibility index (Phi) is 3.60. The van der Waals surface area contributed by atoms with Gasteiger partial charge in [-0.25, -0.2) is 25.1 Å². The average Bonchev–Trinajstić information content (AvgIpc) is 3.25. The van der Waals surface area contributed by atoms with Crippen molar-refractivity contribution >= 4 is 17.5 Å². The fourth-order valence-corrected chi connectivity index (χ4v) is 2.70. The van der Waals surface area contributed by atoms with Crippen molar-refractivity contribution in [1.82, 2.24) is 30.4 Å². The quantitative estimate of drug-likeness (QED) is 0.769. The number of hydrazine groups is 1. The topological polar surface area (TPSA) is 101 Å². The molecule has 4 heterocycles. The molecule has 0 aliphatic carbocycles. The number of hydrogen-bond acceptors (Lipinski definition) is 8. The number of ether oxygens (including phenoxy) is 1. The third-order valence-corrected chi connectivity index (χ3v) is 3.91. The molecule has 10 heteroatoms. The smallest absolute Gasteiger partial charge is 0.269 e. The lowest BCUT2D eigenvalue weighted by molar-refractivity contribution is -0.120. The number of amides is 1. The summed E-state index contributed by atoms with van der Waals surface area (Å²) in [6, 6.07) is 1.39. The van der Waals surface area contributed by atoms with Crippen molar-refractivity contribution in [2.24, 2.45) is 0 Å². The Morgan fingerprint density at radius 1 is 1.22 bits per heavy atom. The van der Waals surface area contributed by atoms with Gasteiger partial charge in [0.2, 0.25) is 0 Å². The minimum absolute atomic E-state index is 0.123. The molecule has 0 saturated carbocycles. The average molecular weight is 316 g/mol. The zero-order chi connectivity index (χ0) is 15.6. The van der Waals surface area contributed by atoms with Crippen molar-refractivity contribution in [2.75, 3.05) is 42.8 Å². The molecule has 1 N–H and O–H groups in total. The van der Waals surface area contributed by atoms with E-state index in [4.69, 9.17) is 4.74 Å². The second-order valence-electron chi connectivity index (χ2n) is 5.27. The van der Waals surface area contributed by atoms with E-state index in [0.29, 0.717) is 25.6 Å². The van der Waals surface area contributed by atoms with Gasteiger partial charge in [-0.2, -0.15) is 0 Å². The molecule has 2 aliphatic heterocycles. The Labute approximate surface area is 132 Å². The monoisotopic (exact) mass is 316 g/mol. The first kappa shape index (κ1) is 14.0. The molecule has 0 spiro atoms. The molecule has 2 saturated heterocycles. The highest BCUT2D eigenvalue weighted by Crippen LogP contribution is 2.22. The predicted octanol–water partition coefficient (Wildman–Crippen LogP) is -1.00. The molecule has 1 atom stereocenters. The molecule has 120 valence electrons. The fourth-order valence-electron chi connectivity index (χ4n) is 2.70. The van der Waals surface area contributed by atoms with Crippen LogP contribution in [0.15, 0.2) is 24.8 Å². The molecule has 0 bridgehead atoms. The lowest BCUT2D eigenvalue weighted by Crippen LogP contribution is -2.38. The summed E-state index contributed by atoms with van der Waals surface area (Å²) >= 11 is 0. The van der Waals surface area contributed by atoms with Crippen LogP contribution in [0.5, 0.6) is 0 Å². The van der Waals surface area contributed by atoms with Gasteiger partial charge in [-0.05, 0) is 0 Å². The van der Waals surface area contributed by atoms with Crippen LogP contribution in [-0.2, 0) is 9.53 Å². The maximum absolute atomic E-state index is 12.6. The van der Waals surface area contributed by atoms with Gasteiger partial charge in [0.25, 0.3) is 5.91 Å². The van der Waals surface area contributed by atoms with Gasteiger partial charge in [0.05, 0.1) is 19.4 Å². The number of hydrogen-bond donors (Lipinski definition) is 1. The van der Waals surface area contributed by atoms with Crippen LogP contribution in [0.1, 0.15) is 6.04 Å². The highest BCUT2D eigenvalue weighted by Gasteiger charge is 2.35. The van der Waals surface area contributed by atoms with Crippen molar-refractivity contribution < 1.29 is 9.53 Å². The van der Waals surface area contributed by atoms with E-state index < -0.39 is 6.04 Å². The number of aromatic nitrogens is 5. The van der Waals surface area contributed by atoms with E-state index in [1.807, 2.05) is 0 Å². The molecule has 0 radical (unpaired) electrons. The Hall–Kier alpha value is -2.59. The molecular weight excluding hydrogens is 300 g/mol. The predicted molar refractivity (Wildman–Crippen MR) is 79.6 cm³/mol. The summed E-state index contributed by atoms with van der Waals surface area (Å²) in [7, 11) is 0. The largest absolute Gasteiger partial charge is 0.378 e. The summed E-state index contributed by atoms with van der Waals surface area (Å²) in [5, 5.41) is 9.08. The Morgan fingerprint density at radius 2 is 2.04 bits per heavy atom. The SMILES string of the molecule is O=C1C(n2ccnn2)CNN1c1cc(N2CCOCC2)ncn1. The van der Waals surface area contributed by atoms with Crippen LogP contribution in [0, 0.1) is 0 Å². The van der Waals surface area contributed by atoms with Crippen LogP contribution in [0.25, 0.3) is 0 Å². The Bertz CT molecular complexity index is 685. The van der Waals surface area contributed by atoms with Gasteiger partial charge in [0, 0.05) is 31.9 Å². The molecule has 2 aromatic rings. The number of anilines is 2. The first-order chi connectivity index (χ1) is 11.3. The van der Waals surface area contributed by atoms with Crippen LogP contribution in [0.3, 0.4) is 0 Å². The number of carbonyl (C=O) groups excluding carboxylic acids is 1. The summed E-state index contributed by atoms with van der Waals surface area (Å²) in [6.45, 7) is 3.35. The fraction of sp³-hybridized carbons (Fsp3) is 0.462. The van der Waals surface area contributed by atoms with E-state index in [0.717, 1.165) is 18.9 Å². The van der Waals surface area contributed by atoms with E-state index >= 15 is 0 Å². The highest BCUT2D eigenvalue weighted by molar-refractivity contribution is 5.96. The van der Waals surface area contributed by atoms with Gasteiger partial charge in [-0.1, -0.05) is 5.21 Å². The lowest BCUT2D eigenvalue weighted by atomic mass is 10.3. The highest BCUT2D eigenvalue weighted by atomic mass is 16.5. The summed E-state index contributed by atoms with van der Waals surface area (Å²) in [6.07, 6.45) is 4.70. The zero-order valence-electron chi connectivity index (χ0n) is 12.4. The molecule has 0 aromatic carbocycles. The molecule has 2 aliphatic rings. The number of nitrogens with one attached hydrogen (secondary N) is 1. The summed E-state index contributed by atoms with van der Waals surface area (Å²) in [4.78, 5) is 23.2. The number of carbonyl (C=O) groups is 1. The van der Waals surface area contributed by atoms with Gasteiger partial charge in [-0.3, -0.25) is 4.79 Å². The van der Waals surface area contributed by atoms with Gasteiger partial charge in [-0.15, -0.1) is 5.10 Å². The van der Waals surface area contributed by atoms with E-state index in [-0.39, 0.29) is 5.91 Å². The number of rotatable bonds is 3. The van der Waals surface area contributed by atoms with Gasteiger partial charge < -0.3 is 9.64 Å². The van der Waals surface area contributed by atoms with Crippen LogP contribution < -0.4 is 15.3 Å². The standard InChI is InChI=1S/C13H16N8O2/c22-13-10(20-2-1-16-18-20)8-17-21(13)12-7-11(14-9-15-12)19-3-5-23-6-4-19/h1-2,7,9-10,17H,3-6,8H2. The van der Waals surface area contributed by atoms with Crippen molar-refractivity contribution in [3.05, 3.63) is 24.8 Å². The van der Waals surface area contributed by atoms with Crippen LogP contribution in [-0.4, -0.2) is 63.7 Å². The second kappa shape index (κ2) is 5.89. The lowest BCUT2D eigenvalue weighted by Gasteiger charge is -2.28. The summed E-state index contributed by atoms with van der Waals surface area (Å²) in [5.41, 5.74) is 3.05. The third kappa shape index (κ3) is 2.62. The van der Waals surface area contributed by atoms with E-state index in [1.165, 1.54) is 11.3 Å². The Morgan fingerprint density at radius 3 is 2.83 bits per heavy atom. The maximum atomic E-state index is 12.6. The van der Waals surface area contributed by atoms with Crippen molar-refractivity contribution in [3.8, 4) is 0 Å². The normalized spacial score (nSPS) is 21.9. The number of nitrogens with zero attached hydrogens (tertiary/aromatic N) is 7. The van der Waals surface area contributed by atoms with Crippen molar-refractivity contribution in [2.45, 2.75) is 6.04 Å². The summed E-state index contributed by atoms with van der Waals surface area (Å²) in [5.74, 6) is 1.19. The van der Waals surface area contributed by atoms with Gasteiger partial charge in [0.15, 0.2) is 5.82 Å². The summed E-state index contributed by atoms with van der Waals surface area (Å²) < 4.78 is 6.89. The van der Waals surface area contributed by atoms with E-state index in [1.54, 1.807) is 23.1 Å². The second-order valence-corrected chi connectivity index (χ2v) is 5.27. The van der Waals surface area contributed by atoms with Crippen LogP contribution >= 0.6 is 0 Å². The molecule has 1 amide bonds. The molecule has 2 fully saturated rings.